The maximum absolute atomic E-state index is 12.2. The molecule has 1 aliphatic rings. The first-order chi connectivity index (χ1) is 14.6. The van der Waals surface area contributed by atoms with Gasteiger partial charge in [-0.3, -0.25) is 9.69 Å². The summed E-state index contributed by atoms with van der Waals surface area (Å²) in [6, 6.07) is 9.94. The van der Waals surface area contributed by atoms with Gasteiger partial charge in [0.2, 0.25) is 5.91 Å². The standard InChI is InChI=1S/C23H27N5O2/c1-16-12-21(30-27-16)20-14-24-17(2)26-23(20)19-8-6-18(7-9-19)13-25-22(29)15-28-10-4-3-5-11-28/h6-9,12,14H,3-5,10-11,13,15H2,1-2H3,(H,25,29). The zero-order chi connectivity index (χ0) is 20.9. The van der Waals surface area contributed by atoms with E-state index in [-0.39, 0.29) is 5.91 Å². The first-order valence-corrected chi connectivity index (χ1v) is 10.4. The molecule has 0 radical (unpaired) electrons. The van der Waals surface area contributed by atoms with Crippen molar-refractivity contribution >= 4 is 5.91 Å². The highest BCUT2D eigenvalue weighted by Gasteiger charge is 2.15. The van der Waals surface area contributed by atoms with Crippen LogP contribution in [0.1, 0.15) is 36.3 Å². The van der Waals surface area contributed by atoms with E-state index in [9.17, 15) is 4.79 Å². The van der Waals surface area contributed by atoms with Gasteiger partial charge in [0.05, 0.1) is 23.5 Å². The van der Waals surface area contributed by atoms with Gasteiger partial charge in [-0.15, -0.1) is 0 Å². The Bertz CT molecular complexity index is 1010. The van der Waals surface area contributed by atoms with E-state index in [1.807, 2.05) is 44.2 Å². The van der Waals surface area contributed by atoms with Gasteiger partial charge in [0.1, 0.15) is 5.82 Å². The Kier molecular flexibility index (Phi) is 6.18. The van der Waals surface area contributed by atoms with Crippen molar-refractivity contribution < 1.29 is 9.32 Å². The predicted molar refractivity (Wildman–Crippen MR) is 115 cm³/mol. The van der Waals surface area contributed by atoms with Crippen LogP contribution in [0.3, 0.4) is 0 Å². The average Bonchev–Trinajstić information content (AvgIpc) is 3.19. The number of piperidine rings is 1. The van der Waals surface area contributed by atoms with E-state index in [0.717, 1.165) is 41.2 Å². The largest absolute Gasteiger partial charge is 0.356 e. The predicted octanol–water partition coefficient (Wildman–Crippen LogP) is 3.52. The summed E-state index contributed by atoms with van der Waals surface area (Å²) in [4.78, 5) is 23.4. The summed E-state index contributed by atoms with van der Waals surface area (Å²) in [5, 5.41) is 7.00. The van der Waals surface area contributed by atoms with Gasteiger partial charge in [-0.1, -0.05) is 35.8 Å². The Morgan fingerprint density at radius 2 is 1.90 bits per heavy atom. The van der Waals surface area contributed by atoms with E-state index >= 15 is 0 Å². The first-order valence-electron chi connectivity index (χ1n) is 10.4. The molecule has 3 heterocycles. The van der Waals surface area contributed by atoms with E-state index in [4.69, 9.17) is 4.52 Å². The van der Waals surface area contributed by atoms with Crippen LogP contribution in [0.15, 0.2) is 41.1 Å². The number of aryl methyl sites for hydroxylation is 2. The van der Waals surface area contributed by atoms with Crippen LogP contribution in [-0.2, 0) is 11.3 Å². The van der Waals surface area contributed by atoms with Gasteiger partial charge in [-0.05, 0) is 45.3 Å². The maximum atomic E-state index is 12.2. The summed E-state index contributed by atoms with van der Waals surface area (Å²) in [6.45, 7) is 6.80. The quantitative estimate of drug-likeness (QED) is 0.676. The van der Waals surface area contributed by atoms with Gasteiger partial charge in [-0.2, -0.15) is 0 Å². The lowest BCUT2D eigenvalue weighted by Gasteiger charge is -2.25. The number of hydrogen-bond donors (Lipinski definition) is 1. The smallest absolute Gasteiger partial charge is 0.234 e. The van der Waals surface area contributed by atoms with Crippen molar-refractivity contribution in [3.63, 3.8) is 0 Å². The highest BCUT2D eigenvalue weighted by Crippen LogP contribution is 2.30. The SMILES string of the molecule is Cc1cc(-c2cnc(C)nc2-c2ccc(CNC(=O)CN3CCCCC3)cc2)on1. The molecule has 4 rings (SSSR count). The molecule has 0 aliphatic carbocycles. The molecule has 1 aliphatic heterocycles. The molecule has 2 aromatic heterocycles. The molecule has 3 aromatic rings. The van der Waals surface area contributed by atoms with Crippen molar-refractivity contribution in [2.24, 2.45) is 0 Å². The van der Waals surface area contributed by atoms with Crippen molar-refractivity contribution in [3.05, 3.63) is 53.6 Å². The first kappa shape index (κ1) is 20.2. The third-order valence-corrected chi connectivity index (χ3v) is 5.34. The monoisotopic (exact) mass is 405 g/mol. The van der Waals surface area contributed by atoms with Crippen molar-refractivity contribution in [1.82, 2.24) is 25.3 Å². The van der Waals surface area contributed by atoms with Crippen LogP contribution in [0.2, 0.25) is 0 Å². The highest BCUT2D eigenvalue weighted by molar-refractivity contribution is 5.79. The topological polar surface area (TPSA) is 84.2 Å². The van der Waals surface area contributed by atoms with E-state index in [2.05, 4.69) is 25.3 Å². The fraction of sp³-hybridized carbons (Fsp3) is 0.391. The third kappa shape index (κ3) is 4.91. The summed E-state index contributed by atoms with van der Waals surface area (Å²) >= 11 is 0. The number of likely N-dealkylation sites (tertiary alicyclic amines) is 1. The van der Waals surface area contributed by atoms with Gasteiger partial charge in [0, 0.05) is 24.4 Å². The number of benzene rings is 1. The van der Waals surface area contributed by atoms with Gasteiger partial charge in [0.15, 0.2) is 5.76 Å². The van der Waals surface area contributed by atoms with Gasteiger partial charge in [-0.25, -0.2) is 9.97 Å². The molecule has 30 heavy (non-hydrogen) atoms. The number of carbonyl (C=O) groups is 1. The zero-order valence-corrected chi connectivity index (χ0v) is 17.5. The highest BCUT2D eigenvalue weighted by atomic mass is 16.5. The van der Waals surface area contributed by atoms with E-state index in [1.165, 1.54) is 19.3 Å². The van der Waals surface area contributed by atoms with Crippen molar-refractivity contribution in [2.45, 2.75) is 39.7 Å². The van der Waals surface area contributed by atoms with Crippen LogP contribution in [-0.4, -0.2) is 45.6 Å². The summed E-state index contributed by atoms with van der Waals surface area (Å²) < 4.78 is 5.42. The molecule has 0 atom stereocenters. The Morgan fingerprint density at radius 1 is 1.13 bits per heavy atom. The molecule has 0 unspecified atom stereocenters. The molecule has 1 fully saturated rings. The van der Waals surface area contributed by atoms with Crippen LogP contribution in [0, 0.1) is 13.8 Å². The van der Waals surface area contributed by atoms with Crippen molar-refractivity contribution in [3.8, 4) is 22.6 Å². The molecule has 0 bridgehead atoms. The van der Waals surface area contributed by atoms with Crippen LogP contribution in [0.25, 0.3) is 22.6 Å². The molecular formula is C23H27N5O2. The molecule has 1 saturated heterocycles. The molecule has 0 spiro atoms. The van der Waals surface area contributed by atoms with Crippen LogP contribution >= 0.6 is 0 Å². The van der Waals surface area contributed by atoms with Crippen LogP contribution < -0.4 is 5.32 Å². The second-order valence-electron chi connectivity index (χ2n) is 7.82. The van der Waals surface area contributed by atoms with E-state index in [0.29, 0.717) is 24.7 Å². The number of rotatable bonds is 6. The van der Waals surface area contributed by atoms with Gasteiger partial charge < -0.3 is 9.84 Å². The Hall–Kier alpha value is -3.06. The van der Waals surface area contributed by atoms with E-state index < -0.39 is 0 Å². The second kappa shape index (κ2) is 9.17. The lowest BCUT2D eigenvalue weighted by molar-refractivity contribution is -0.122. The molecule has 0 saturated carbocycles. The van der Waals surface area contributed by atoms with Gasteiger partial charge >= 0.3 is 0 Å². The summed E-state index contributed by atoms with van der Waals surface area (Å²) in [6.07, 6.45) is 5.42. The maximum Gasteiger partial charge on any atom is 0.234 e. The average molecular weight is 406 g/mol. The number of nitrogens with zero attached hydrogens (tertiary/aromatic N) is 4. The third-order valence-electron chi connectivity index (χ3n) is 5.34. The molecule has 1 amide bonds. The normalized spacial score (nSPS) is 14.6. The lowest BCUT2D eigenvalue weighted by atomic mass is 10.0. The van der Waals surface area contributed by atoms with Gasteiger partial charge in [0.25, 0.3) is 0 Å². The minimum absolute atomic E-state index is 0.0791. The molecule has 156 valence electrons. The molecule has 1 N–H and O–H groups in total. The fourth-order valence-electron chi connectivity index (χ4n) is 3.72. The molecule has 7 heteroatoms. The van der Waals surface area contributed by atoms with Crippen molar-refractivity contribution in [2.75, 3.05) is 19.6 Å². The Morgan fingerprint density at radius 3 is 2.60 bits per heavy atom. The number of amides is 1. The Balaban J connectivity index is 1.43. The van der Waals surface area contributed by atoms with Crippen molar-refractivity contribution in [1.29, 1.82) is 0 Å². The number of aromatic nitrogens is 3. The number of carbonyl (C=O) groups excluding carboxylic acids is 1. The summed E-state index contributed by atoms with van der Waals surface area (Å²) in [5.41, 5.74) is 4.44. The number of nitrogens with one attached hydrogen (secondary N) is 1. The minimum Gasteiger partial charge on any atom is -0.356 e. The zero-order valence-electron chi connectivity index (χ0n) is 17.5. The lowest BCUT2D eigenvalue weighted by Crippen LogP contribution is -2.39. The van der Waals surface area contributed by atoms with Crippen LogP contribution in [0.4, 0.5) is 0 Å². The van der Waals surface area contributed by atoms with E-state index in [1.54, 1.807) is 6.20 Å². The van der Waals surface area contributed by atoms with Crippen LogP contribution in [0.5, 0.6) is 0 Å². The molecule has 1 aromatic carbocycles. The molecular weight excluding hydrogens is 378 g/mol. The number of hydrogen-bond acceptors (Lipinski definition) is 6. The fourth-order valence-corrected chi connectivity index (χ4v) is 3.72. The Labute approximate surface area is 176 Å². The summed E-state index contributed by atoms with van der Waals surface area (Å²) in [5.74, 6) is 1.42. The minimum atomic E-state index is 0.0791. The second-order valence-corrected chi connectivity index (χ2v) is 7.82. The summed E-state index contributed by atoms with van der Waals surface area (Å²) in [7, 11) is 0. The molecule has 7 nitrogen and oxygen atoms in total.